The van der Waals surface area contributed by atoms with Gasteiger partial charge < -0.3 is 9.84 Å². The van der Waals surface area contributed by atoms with E-state index in [1.54, 1.807) is 19.1 Å². The predicted octanol–water partition coefficient (Wildman–Crippen LogP) is 0.496. The number of sulfonamides is 1. The highest BCUT2D eigenvalue weighted by Crippen LogP contribution is 2.21. The summed E-state index contributed by atoms with van der Waals surface area (Å²) in [5.41, 5.74) is 0.842. The Morgan fingerprint density at radius 3 is 2.65 bits per heavy atom. The van der Waals surface area contributed by atoms with Crippen LogP contribution in [0.5, 0.6) is 0 Å². The van der Waals surface area contributed by atoms with Crippen LogP contribution in [-0.2, 0) is 14.8 Å². The maximum atomic E-state index is 12.6. The van der Waals surface area contributed by atoms with E-state index in [9.17, 15) is 8.42 Å². The number of aryl methyl sites for hydroxylation is 1. The third-order valence-electron chi connectivity index (χ3n) is 2.83. The number of rotatable bonds is 7. The van der Waals surface area contributed by atoms with E-state index < -0.39 is 10.0 Å². The molecule has 1 N–H and O–H groups in total. The molecular weight excluding hydrogens is 280 g/mol. The molecule has 0 aliphatic heterocycles. The zero-order valence-electron chi connectivity index (χ0n) is 11.5. The van der Waals surface area contributed by atoms with Crippen molar-refractivity contribution in [2.45, 2.75) is 11.8 Å². The Bertz CT molecular complexity index is 593. The largest absolute Gasteiger partial charge is 0.395 e. The topological polar surface area (TPSA) is 90.6 Å². The van der Waals surface area contributed by atoms with Crippen LogP contribution in [-0.4, -0.2) is 51.2 Å². The van der Waals surface area contributed by atoms with Crippen molar-refractivity contribution in [2.24, 2.45) is 0 Å². The minimum Gasteiger partial charge on any atom is -0.395 e. The number of nitrogens with zero attached hydrogens (tertiary/aromatic N) is 2. The standard InChI is InChI=1S/C13H18N2O4S/c1-11-3-4-12(10-14)9-13(11)20(17,18)15(5-7-16)6-8-19-2/h3-4,9,16H,5-8H2,1-2H3. The van der Waals surface area contributed by atoms with Gasteiger partial charge in [0.2, 0.25) is 10.0 Å². The first kappa shape index (κ1) is 16.6. The Kier molecular flexibility index (Phi) is 6.10. The Morgan fingerprint density at radius 1 is 1.40 bits per heavy atom. The second kappa shape index (κ2) is 7.36. The summed E-state index contributed by atoms with van der Waals surface area (Å²) in [6.07, 6.45) is 0. The van der Waals surface area contributed by atoms with Gasteiger partial charge in [-0.2, -0.15) is 9.57 Å². The maximum absolute atomic E-state index is 12.6. The van der Waals surface area contributed by atoms with Crippen LogP contribution in [0, 0.1) is 18.3 Å². The molecule has 7 heteroatoms. The Hall–Kier alpha value is -1.46. The van der Waals surface area contributed by atoms with Crippen LogP contribution in [0.1, 0.15) is 11.1 Å². The van der Waals surface area contributed by atoms with Gasteiger partial charge in [0, 0.05) is 20.2 Å². The van der Waals surface area contributed by atoms with Crippen molar-refractivity contribution in [3.63, 3.8) is 0 Å². The molecule has 6 nitrogen and oxygen atoms in total. The van der Waals surface area contributed by atoms with E-state index in [0.717, 1.165) is 4.31 Å². The highest BCUT2D eigenvalue weighted by molar-refractivity contribution is 7.89. The zero-order valence-corrected chi connectivity index (χ0v) is 12.4. The van der Waals surface area contributed by atoms with Gasteiger partial charge in [-0.15, -0.1) is 0 Å². The molecule has 0 aliphatic rings. The molecule has 0 spiro atoms. The van der Waals surface area contributed by atoms with E-state index >= 15 is 0 Å². The van der Waals surface area contributed by atoms with E-state index in [-0.39, 0.29) is 36.8 Å². The fraction of sp³-hybridized carbons (Fsp3) is 0.462. The second-order valence-electron chi connectivity index (χ2n) is 4.21. The van der Waals surface area contributed by atoms with Crippen molar-refractivity contribution in [2.75, 3.05) is 33.4 Å². The number of ether oxygens (including phenoxy) is 1. The van der Waals surface area contributed by atoms with Gasteiger partial charge in [-0.05, 0) is 24.6 Å². The molecule has 1 aromatic rings. The summed E-state index contributed by atoms with van der Waals surface area (Å²) in [6, 6.07) is 6.44. The summed E-state index contributed by atoms with van der Waals surface area (Å²) >= 11 is 0. The lowest BCUT2D eigenvalue weighted by Gasteiger charge is -2.22. The van der Waals surface area contributed by atoms with Crippen molar-refractivity contribution in [1.82, 2.24) is 4.31 Å². The number of nitriles is 1. The van der Waals surface area contributed by atoms with Crippen molar-refractivity contribution < 1.29 is 18.3 Å². The Labute approximate surface area is 119 Å². The number of aliphatic hydroxyl groups excluding tert-OH is 1. The molecule has 0 saturated heterocycles. The molecule has 0 bridgehead atoms. The molecule has 0 aromatic heterocycles. The first-order valence-corrected chi connectivity index (χ1v) is 7.52. The average molecular weight is 298 g/mol. The molecule has 0 amide bonds. The van der Waals surface area contributed by atoms with Crippen molar-refractivity contribution in [3.05, 3.63) is 29.3 Å². The highest BCUT2D eigenvalue weighted by atomic mass is 32.2. The van der Waals surface area contributed by atoms with Gasteiger partial charge in [-0.1, -0.05) is 6.07 Å². The molecule has 0 saturated carbocycles. The van der Waals surface area contributed by atoms with Crippen LogP contribution < -0.4 is 0 Å². The van der Waals surface area contributed by atoms with Crippen LogP contribution in [0.15, 0.2) is 23.1 Å². The lowest BCUT2D eigenvalue weighted by atomic mass is 10.2. The van der Waals surface area contributed by atoms with Gasteiger partial charge in [0.05, 0.1) is 29.7 Å². The van der Waals surface area contributed by atoms with Crippen LogP contribution in [0.2, 0.25) is 0 Å². The molecular formula is C13H18N2O4S. The fourth-order valence-electron chi connectivity index (χ4n) is 1.74. The van der Waals surface area contributed by atoms with E-state index in [1.165, 1.54) is 13.2 Å². The Morgan fingerprint density at radius 2 is 2.10 bits per heavy atom. The second-order valence-corrected chi connectivity index (χ2v) is 6.12. The van der Waals surface area contributed by atoms with Gasteiger partial charge in [0.1, 0.15) is 0 Å². The normalized spacial score (nSPS) is 11.6. The summed E-state index contributed by atoms with van der Waals surface area (Å²) in [7, 11) is -2.28. The zero-order chi connectivity index (χ0) is 15.2. The Balaban J connectivity index is 3.22. The van der Waals surface area contributed by atoms with Crippen LogP contribution in [0.25, 0.3) is 0 Å². The molecule has 20 heavy (non-hydrogen) atoms. The molecule has 0 fully saturated rings. The van der Waals surface area contributed by atoms with Gasteiger partial charge in [0.15, 0.2) is 0 Å². The first-order valence-electron chi connectivity index (χ1n) is 6.08. The molecule has 0 radical (unpaired) electrons. The predicted molar refractivity (Wildman–Crippen MR) is 73.6 cm³/mol. The third-order valence-corrected chi connectivity index (χ3v) is 4.87. The average Bonchev–Trinajstić information content (AvgIpc) is 2.43. The van der Waals surface area contributed by atoms with Gasteiger partial charge in [-0.25, -0.2) is 8.42 Å². The fourth-order valence-corrected chi connectivity index (χ4v) is 3.41. The van der Waals surface area contributed by atoms with E-state index in [0.29, 0.717) is 5.56 Å². The van der Waals surface area contributed by atoms with Crippen molar-refractivity contribution >= 4 is 10.0 Å². The number of benzene rings is 1. The molecule has 0 unspecified atom stereocenters. The summed E-state index contributed by atoms with van der Waals surface area (Å²) in [5, 5.41) is 17.9. The quantitative estimate of drug-likeness (QED) is 0.791. The van der Waals surface area contributed by atoms with E-state index in [2.05, 4.69) is 0 Å². The summed E-state index contributed by atoms with van der Waals surface area (Å²) in [6.45, 7) is 1.76. The monoisotopic (exact) mass is 298 g/mol. The smallest absolute Gasteiger partial charge is 0.243 e. The molecule has 110 valence electrons. The van der Waals surface area contributed by atoms with Crippen LogP contribution in [0.4, 0.5) is 0 Å². The summed E-state index contributed by atoms with van der Waals surface area (Å²) in [5.74, 6) is 0. The number of aliphatic hydroxyl groups is 1. The molecule has 1 aromatic carbocycles. The number of hydrogen-bond donors (Lipinski definition) is 1. The van der Waals surface area contributed by atoms with E-state index in [1.807, 2.05) is 6.07 Å². The minimum absolute atomic E-state index is 0.0120. The molecule has 1 rings (SSSR count). The molecule has 0 atom stereocenters. The first-order chi connectivity index (χ1) is 9.47. The number of methoxy groups -OCH3 is 1. The van der Waals surface area contributed by atoms with Gasteiger partial charge >= 0.3 is 0 Å². The SMILES string of the molecule is COCCN(CCO)S(=O)(=O)c1cc(C#N)ccc1C. The van der Waals surface area contributed by atoms with Crippen molar-refractivity contribution in [3.8, 4) is 6.07 Å². The van der Waals surface area contributed by atoms with E-state index in [4.69, 9.17) is 15.1 Å². The third kappa shape index (κ3) is 3.77. The number of hydrogen-bond acceptors (Lipinski definition) is 5. The maximum Gasteiger partial charge on any atom is 0.243 e. The van der Waals surface area contributed by atoms with Gasteiger partial charge in [-0.3, -0.25) is 0 Å². The highest BCUT2D eigenvalue weighted by Gasteiger charge is 2.25. The van der Waals surface area contributed by atoms with Crippen LogP contribution >= 0.6 is 0 Å². The lowest BCUT2D eigenvalue weighted by molar-refractivity contribution is 0.168. The van der Waals surface area contributed by atoms with Gasteiger partial charge in [0.25, 0.3) is 0 Å². The molecule has 0 heterocycles. The summed E-state index contributed by atoms with van der Waals surface area (Å²) in [4.78, 5) is 0.0844. The van der Waals surface area contributed by atoms with Crippen LogP contribution in [0.3, 0.4) is 0 Å². The summed E-state index contributed by atoms with van der Waals surface area (Å²) < 4.78 is 31.2. The molecule has 0 aliphatic carbocycles. The lowest BCUT2D eigenvalue weighted by Crippen LogP contribution is -2.36. The van der Waals surface area contributed by atoms with Crippen molar-refractivity contribution in [1.29, 1.82) is 5.26 Å². The minimum atomic E-state index is -3.76.